The molecule has 0 saturated heterocycles. The quantitative estimate of drug-likeness (QED) is 0.427. The van der Waals surface area contributed by atoms with Crippen molar-refractivity contribution in [3.8, 4) is 11.5 Å². The average molecular weight is 378 g/mol. The highest BCUT2D eigenvalue weighted by Crippen LogP contribution is 2.26. The lowest BCUT2D eigenvalue weighted by atomic mass is 10.1. The number of benzene rings is 1. The van der Waals surface area contributed by atoms with E-state index < -0.39 is 21.1 Å². The van der Waals surface area contributed by atoms with Gasteiger partial charge in [0.1, 0.15) is 5.82 Å². The van der Waals surface area contributed by atoms with Gasteiger partial charge >= 0.3 is 0 Å². The number of hydrogen-bond acceptors (Lipinski definition) is 7. The molecule has 9 heteroatoms. The van der Waals surface area contributed by atoms with Crippen molar-refractivity contribution in [2.45, 2.75) is 25.8 Å². The molecule has 0 radical (unpaired) electrons. The fraction of sp³-hybridized carbons (Fsp3) is 0.294. The molecule has 0 bridgehead atoms. The number of rotatable bonds is 7. The number of sulfonamides is 1. The molecule has 2 aromatic rings. The van der Waals surface area contributed by atoms with E-state index >= 15 is 0 Å². The molecule has 140 valence electrons. The van der Waals surface area contributed by atoms with E-state index in [2.05, 4.69) is 9.71 Å². The number of aromatic hydroxyl groups is 1. The highest BCUT2D eigenvalue weighted by atomic mass is 32.2. The molecule has 5 N–H and O–H groups in total. The van der Waals surface area contributed by atoms with Gasteiger partial charge in [-0.15, -0.1) is 0 Å². The molecule has 0 saturated carbocycles. The van der Waals surface area contributed by atoms with E-state index in [1.807, 2.05) is 0 Å². The van der Waals surface area contributed by atoms with E-state index in [9.17, 15) is 13.5 Å². The Labute approximate surface area is 152 Å². The van der Waals surface area contributed by atoms with Gasteiger partial charge in [-0.25, -0.2) is 18.1 Å². The SMILES string of the molecule is COc1cc(CCC(C)NS(=O)(=O)C(=N)c2cccnc2N)ccc1O. The van der Waals surface area contributed by atoms with Crippen LogP contribution in [-0.4, -0.2) is 36.7 Å². The number of phenols is 1. The molecule has 0 aliphatic heterocycles. The van der Waals surface area contributed by atoms with E-state index in [1.165, 1.54) is 31.5 Å². The first-order valence-electron chi connectivity index (χ1n) is 7.92. The van der Waals surface area contributed by atoms with Crippen LogP contribution in [0.1, 0.15) is 24.5 Å². The number of phenolic OH excluding ortho intramolecular Hbond substituents is 1. The largest absolute Gasteiger partial charge is 0.504 e. The summed E-state index contributed by atoms with van der Waals surface area (Å²) in [5, 5.41) is 16.9. The van der Waals surface area contributed by atoms with Crippen molar-refractivity contribution in [2.24, 2.45) is 0 Å². The number of aryl methyl sites for hydroxylation is 1. The first-order valence-corrected chi connectivity index (χ1v) is 9.40. The number of ether oxygens (including phenoxy) is 1. The van der Waals surface area contributed by atoms with Crippen LogP contribution in [0.4, 0.5) is 5.82 Å². The Bertz CT molecular complexity index is 899. The smallest absolute Gasteiger partial charge is 0.258 e. The van der Waals surface area contributed by atoms with Gasteiger partial charge in [-0.05, 0) is 49.6 Å². The summed E-state index contributed by atoms with van der Waals surface area (Å²) in [7, 11) is -2.55. The molecule has 0 amide bonds. The van der Waals surface area contributed by atoms with Crippen LogP contribution < -0.4 is 15.2 Å². The Morgan fingerprint density at radius 3 is 2.81 bits per heavy atom. The maximum atomic E-state index is 12.4. The normalized spacial score (nSPS) is 12.5. The predicted molar refractivity (Wildman–Crippen MR) is 100.0 cm³/mol. The fourth-order valence-electron chi connectivity index (χ4n) is 2.40. The van der Waals surface area contributed by atoms with Crippen LogP contribution in [0.15, 0.2) is 36.5 Å². The topological polar surface area (TPSA) is 138 Å². The minimum Gasteiger partial charge on any atom is -0.504 e. The van der Waals surface area contributed by atoms with Gasteiger partial charge in [0.2, 0.25) is 0 Å². The van der Waals surface area contributed by atoms with Crippen molar-refractivity contribution in [1.29, 1.82) is 5.41 Å². The zero-order valence-corrected chi connectivity index (χ0v) is 15.4. The maximum absolute atomic E-state index is 12.4. The number of nitrogens with one attached hydrogen (secondary N) is 2. The first kappa shape index (κ1) is 19.7. The molecule has 26 heavy (non-hydrogen) atoms. The van der Waals surface area contributed by atoms with E-state index in [-0.39, 0.29) is 17.1 Å². The number of nitrogen functional groups attached to an aromatic ring is 1. The second kappa shape index (κ2) is 8.15. The summed E-state index contributed by atoms with van der Waals surface area (Å²) in [5.74, 6) is 0.406. The molecule has 1 aromatic heterocycles. The van der Waals surface area contributed by atoms with Crippen LogP contribution in [0.25, 0.3) is 0 Å². The number of aromatic nitrogens is 1. The van der Waals surface area contributed by atoms with Crippen molar-refractivity contribution in [1.82, 2.24) is 9.71 Å². The van der Waals surface area contributed by atoms with Gasteiger partial charge in [0.15, 0.2) is 16.5 Å². The van der Waals surface area contributed by atoms with Crippen molar-refractivity contribution in [3.05, 3.63) is 47.7 Å². The highest BCUT2D eigenvalue weighted by Gasteiger charge is 2.24. The predicted octanol–water partition coefficient (Wildman–Crippen LogP) is 1.64. The van der Waals surface area contributed by atoms with Gasteiger partial charge in [-0.2, -0.15) is 0 Å². The average Bonchev–Trinajstić information content (AvgIpc) is 2.60. The van der Waals surface area contributed by atoms with Gasteiger partial charge in [0, 0.05) is 12.2 Å². The lowest BCUT2D eigenvalue weighted by Crippen LogP contribution is -2.38. The van der Waals surface area contributed by atoms with Crippen LogP contribution in [-0.2, 0) is 16.4 Å². The Morgan fingerprint density at radius 1 is 1.42 bits per heavy atom. The number of nitrogens with zero attached hydrogens (tertiary/aromatic N) is 1. The molecule has 1 atom stereocenters. The van der Waals surface area contributed by atoms with E-state index in [1.54, 1.807) is 19.1 Å². The van der Waals surface area contributed by atoms with Gasteiger partial charge in [0.25, 0.3) is 10.0 Å². The van der Waals surface area contributed by atoms with Crippen molar-refractivity contribution in [3.63, 3.8) is 0 Å². The van der Waals surface area contributed by atoms with E-state index in [4.69, 9.17) is 15.9 Å². The number of pyridine rings is 1. The number of methoxy groups -OCH3 is 1. The van der Waals surface area contributed by atoms with Crippen molar-refractivity contribution in [2.75, 3.05) is 12.8 Å². The molecule has 1 heterocycles. The molecule has 2 rings (SSSR count). The number of nitrogens with two attached hydrogens (primary N) is 1. The summed E-state index contributed by atoms with van der Waals surface area (Å²) in [6.07, 6.45) is 2.51. The van der Waals surface area contributed by atoms with Crippen LogP contribution in [0.3, 0.4) is 0 Å². The van der Waals surface area contributed by atoms with E-state index in [0.717, 1.165) is 5.56 Å². The summed E-state index contributed by atoms with van der Waals surface area (Å²) in [4.78, 5) is 3.80. The third-order valence-corrected chi connectivity index (χ3v) is 5.29. The van der Waals surface area contributed by atoms with Gasteiger partial charge in [-0.3, -0.25) is 5.41 Å². The van der Waals surface area contributed by atoms with Crippen LogP contribution >= 0.6 is 0 Å². The van der Waals surface area contributed by atoms with Crippen LogP contribution in [0.2, 0.25) is 0 Å². The Hall–Kier alpha value is -2.65. The lowest BCUT2D eigenvalue weighted by Gasteiger charge is -2.15. The van der Waals surface area contributed by atoms with Crippen LogP contribution in [0, 0.1) is 5.41 Å². The molecule has 1 aromatic carbocycles. The lowest BCUT2D eigenvalue weighted by molar-refractivity contribution is 0.373. The Kier molecular flexibility index (Phi) is 6.17. The molecular weight excluding hydrogens is 356 g/mol. The third kappa shape index (κ3) is 4.70. The zero-order valence-electron chi connectivity index (χ0n) is 14.6. The summed E-state index contributed by atoms with van der Waals surface area (Å²) < 4.78 is 32.3. The second-order valence-corrected chi connectivity index (χ2v) is 7.48. The summed E-state index contributed by atoms with van der Waals surface area (Å²) in [6.45, 7) is 1.72. The minimum absolute atomic E-state index is 0.00767. The molecule has 0 aliphatic rings. The summed E-state index contributed by atoms with van der Waals surface area (Å²) in [5.41, 5.74) is 6.61. The Morgan fingerprint density at radius 2 is 2.15 bits per heavy atom. The molecule has 0 spiro atoms. The molecule has 1 unspecified atom stereocenters. The maximum Gasteiger partial charge on any atom is 0.258 e. The Balaban J connectivity index is 2.01. The number of anilines is 1. The van der Waals surface area contributed by atoms with Crippen LogP contribution in [0.5, 0.6) is 11.5 Å². The zero-order chi connectivity index (χ0) is 19.3. The third-order valence-electron chi connectivity index (χ3n) is 3.82. The monoisotopic (exact) mass is 378 g/mol. The number of hydrogen-bond donors (Lipinski definition) is 4. The van der Waals surface area contributed by atoms with E-state index in [0.29, 0.717) is 18.6 Å². The molecule has 0 fully saturated rings. The molecule has 0 aliphatic carbocycles. The fourth-order valence-corrected chi connectivity index (χ4v) is 3.63. The highest BCUT2D eigenvalue weighted by molar-refractivity contribution is 8.05. The first-order chi connectivity index (χ1) is 12.2. The summed E-state index contributed by atoms with van der Waals surface area (Å²) >= 11 is 0. The molecular formula is C17H22N4O4S. The van der Waals surface area contributed by atoms with Crippen molar-refractivity contribution < 1.29 is 18.3 Å². The minimum atomic E-state index is -4.01. The van der Waals surface area contributed by atoms with Gasteiger partial charge < -0.3 is 15.6 Å². The second-order valence-electron chi connectivity index (χ2n) is 5.83. The molecule has 8 nitrogen and oxygen atoms in total. The summed E-state index contributed by atoms with van der Waals surface area (Å²) in [6, 6.07) is 7.54. The van der Waals surface area contributed by atoms with Gasteiger partial charge in [-0.1, -0.05) is 6.07 Å². The van der Waals surface area contributed by atoms with Gasteiger partial charge in [0.05, 0.1) is 12.7 Å². The van der Waals surface area contributed by atoms with Crippen molar-refractivity contribution >= 4 is 20.9 Å². The standard InChI is InChI=1S/C17H22N4O4S/c1-11(5-6-12-7-8-14(22)15(10-12)25-2)21-26(23,24)17(19)13-4-3-9-20-16(13)18/h3-4,7-11,19,21-22H,5-6H2,1-2H3,(H2,18,20).